The summed E-state index contributed by atoms with van der Waals surface area (Å²) in [6.45, 7) is 22.3. The first-order chi connectivity index (χ1) is 33.7. The Hall–Kier alpha value is -5.55. The molecule has 2 aromatic heterocycles. The van der Waals surface area contributed by atoms with E-state index in [-0.39, 0.29) is 42.2 Å². The lowest BCUT2D eigenvalue weighted by Crippen LogP contribution is -2.56. The second-order valence-electron chi connectivity index (χ2n) is 20.1. The maximum Gasteiger partial charge on any atom is 0.282 e. The van der Waals surface area contributed by atoms with E-state index in [9.17, 15) is 33.5 Å². The minimum Gasteiger partial charge on any atom is -0.391 e. The summed E-state index contributed by atoms with van der Waals surface area (Å²) < 4.78 is 15.9. The molecule has 17 heteroatoms. The van der Waals surface area contributed by atoms with Crippen molar-refractivity contribution in [1.82, 2.24) is 40.3 Å². The number of aliphatic hydroxyl groups excluding tert-OH is 1. The second kappa shape index (κ2) is 23.3. The van der Waals surface area contributed by atoms with Gasteiger partial charge in [0.25, 0.3) is 11.5 Å². The number of amides is 4. The first kappa shape index (κ1) is 54.8. The van der Waals surface area contributed by atoms with Crippen LogP contribution in [0.25, 0.3) is 27.0 Å². The number of β-amino-alcohol motifs (C(OH)–C–C–N with tert-alkyl or cyclic N) is 1. The molecule has 4 N–H and O–H groups in total. The Labute approximate surface area is 425 Å². The molecule has 3 aliphatic heterocycles. The molecule has 4 amide bonds. The molecule has 3 fully saturated rings. The molecule has 0 bridgehead atoms. The van der Waals surface area contributed by atoms with Crippen molar-refractivity contribution in [1.29, 1.82) is 0 Å². The fourth-order valence-electron chi connectivity index (χ4n) is 9.29. The van der Waals surface area contributed by atoms with Crippen LogP contribution in [-0.4, -0.2) is 111 Å². The highest BCUT2D eigenvalue weighted by molar-refractivity contribution is 7.13. The van der Waals surface area contributed by atoms with Gasteiger partial charge in [-0.25, -0.2) is 9.37 Å². The average Bonchev–Trinajstić information content (AvgIpc) is 3.60. The molecule has 2 unspecified atom stereocenters. The molecule has 3 aromatic carbocycles. The number of benzene rings is 3. The summed E-state index contributed by atoms with van der Waals surface area (Å²) >= 11 is 8.04. The number of aromatic nitrogens is 3. The predicted molar refractivity (Wildman–Crippen MR) is 280 cm³/mol. The lowest BCUT2D eigenvalue weighted by Gasteiger charge is -2.33. The van der Waals surface area contributed by atoms with Crippen molar-refractivity contribution in [3.63, 3.8) is 0 Å². The van der Waals surface area contributed by atoms with Crippen molar-refractivity contribution in [2.24, 2.45) is 5.41 Å². The molecule has 1 aliphatic carbocycles. The Morgan fingerprint density at radius 2 is 1.70 bits per heavy atom. The van der Waals surface area contributed by atoms with Crippen molar-refractivity contribution < 1.29 is 28.7 Å². The van der Waals surface area contributed by atoms with Crippen LogP contribution >= 0.6 is 22.9 Å². The molecule has 0 radical (unpaired) electrons. The Balaban J connectivity index is 0.000000186. The van der Waals surface area contributed by atoms with Gasteiger partial charge in [-0.2, -0.15) is 4.98 Å². The maximum absolute atomic E-state index is 13.8. The number of hydrogen-bond donors (Lipinski definition) is 4. The molecule has 4 aliphatic rings. The molecule has 14 nitrogen and oxygen atoms in total. The Kier molecular flexibility index (Phi) is 18.0. The smallest absolute Gasteiger partial charge is 0.282 e. The quantitative estimate of drug-likeness (QED) is 0.0955. The van der Waals surface area contributed by atoms with Gasteiger partial charge in [0.1, 0.15) is 11.9 Å². The Morgan fingerprint density at radius 3 is 2.28 bits per heavy atom. The van der Waals surface area contributed by atoms with Gasteiger partial charge in [0.2, 0.25) is 18.2 Å². The van der Waals surface area contributed by atoms with Crippen LogP contribution in [0.1, 0.15) is 122 Å². The topological polar surface area (TPSA) is 179 Å². The van der Waals surface area contributed by atoms with Crippen LogP contribution in [0.5, 0.6) is 0 Å². The Bertz CT molecular complexity index is 2740. The highest BCUT2D eigenvalue weighted by Gasteiger charge is 2.53. The van der Waals surface area contributed by atoms with E-state index in [1.54, 1.807) is 29.2 Å². The van der Waals surface area contributed by atoms with Crippen molar-refractivity contribution in [2.45, 2.75) is 130 Å². The van der Waals surface area contributed by atoms with Crippen LogP contribution in [0.3, 0.4) is 0 Å². The first-order valence-corrected chi connectivity index (χ1v) is 25.9. The van der Waals surface area contributed by atoms with E-state index in [1.165, 1.54) is 21.6 Å². The Morgan fingerprint density at radius 1 is 1.01 bits per heavy atom. The standard InChI is InChI=1S/C26H29ClN4O2.C14H23FN2O3.C12H12N2OS.C2H6/c1-16(32)28-11-14-30-12-9-17(10-13-30)18-7-8-19-22(15-18)31-21-6-4-5-20(27)23(21)24(33)29-25(31)26(19,2)3;1-13(2,3)10(16-12(20)14(15)5-6-14)11(19)17-7-4-9(18)8-17;1-9-12(16-8-14-9)11-4-2-10(3-5-11)6-13-7-15;1-2/h4-8,15,17H,9-14H2,1-3H3,(H,28,32);9-10,18H,4-8H2,1-3H3,(H,16,20);2-5,7-8H,6H2,1H3,(H,13,15);1-2H3. The number of hydrogen-bond acceptors (Lipinski definition) is 10. The minimum absolute atomic E-state index is 0.0242. The highest BCUT2D eigenvalue weighted by atomic mass is 35.5. The number of carbonyl (C=O) groups excluding carboxylic acids is 4. The van der Waals surface area contributed by atoms with Crippen molar-refractivity contribution in [3.8, 4) is 16.1 Å². The van der Waals surface area contributed by atoms with Crippen LogP contribution in [0.15, 0.2) is 71.0 Å². The number of likely N-dealkylation sites (tertiary alicyclic amines) is 2. The summed E-state index contributed by atoms with van der Waals surface area (Å²) in [5.74, 6) is 0.345. The minimum atomic E-state index is -1.78. The van der Waals surface area contributed by atoms with Crippen LogP contribution in [0.4, 0.5) is 4.39 Å². The number of fused-ring (bicyclic) bond motifs is 5. The molecule has 0 spiro atoms. The van der Waals surface area contributed by atoms with Gasteiger partial charge in [-0.1, -0.05) is 88.7 Å². The number of aliphatic hydroxyl groups is 1. The number of nitrogens with one attached hydrogen (secondary N) is 3. The normalized spacial score (nSPS) is 18.0. The number of piperidine rings is 1. The molecular formula is C54H70ClFN8O6S. The van der Waals surface area contributed by atoms with E-state index in [1.807, 2.05) is 71.3 Å². The van der Waals surface area contributed by atoms with E-state index in [0.29, 0.717) is 48.8 Å². The second-order valence-corrected chi connectivity index (χ2v) is 21.4. The molecule has 9 rings (SSSR count). The third-order valence-electron chi connectivity index (χ3n) is 13.5. The lowest BCUT2D eigenvalue weighted by atomic mass is 9.83. The van der Waals surface area contributed by atoms with E-state index in [0.717, 1.165) is 60.8 Å². The van der Waals surface area contributed by atoms with Gasteiger partial charge in [0, 0.05) is 39.6 Å². The summed E-state index contributed by atoms with van der Waals surface area (Å²) in [5, 5.41) is 18.5. The zero-order chi connectivity index (χ0) is 51.8. The van der Waals surface area contributed by atoms with Gasteiger partial charge >= 0.3 is 0 Å². The largest absolute Gasteiger partial charge is 0.391 e. The monoisotopic (exact) mass is 1010 g/mol. The number of carbonyl (C=O) groups is 4. The van der Waals surface area contributed by atoms with Gasteiger partial charge < -0.3 is 30.9 Å². The highest BCUT2D eigenvalue weighted by Crippen LogP contribution is 2.45. The predicted octanol–water partition coefficient (Wildman–Crippen LogP) is 8.00. The molecule has 5 aromatic rings. The number of halogens is 2. The zero-order valence-electron chi connectivity index (χ0n) is 42.5. The average molecular weight is 1010 g/mol. The fraction of sp³-hybridized carbons (Fsp3) is 0.500. The summed E-state index contributed by atoms with van der Waals surface area (Å²) in [6, 6.07) is 19.7. The first-order valence-electron chi connectivity index (χ1n) is 24.7. The van der Waals surface area contributed by atoms with Crippen molar-refractivity contribution in [2.75, 3.05) is 39.3 Å². The molecule has 2 saturated heterocycles. The number of thiazole rings is 1. The van der Waals surface area contributed by atoms with E-state index in [4.69, 9.17) is 11.6 Å². The van der Waals surface area contributed by atoms with E-state index >= 15 is 0 Å². The number of alkyl halides is 1. The zero-order valence-corrected chi connectivity index (χ0v) is 44.1. The number of nitrogens with zero attached hydrogens (tertiary/aromatic N) is 5. The third-order valence-corrected chi connectivity index (χ3v) is 14.8. The van der Waals surface area contributed by atoms with E-state index in [2.05, 4.69) is 79.6 Å². The van der Waals surface area contributed by atoms with Crippen molar-refractivity contribution in [3.05, 3.63) is 110 Å². The van der Waals surface area contributed by atoms with Gasteiger partial charge in [0.05, 0.1) is 49.2 Å². The molecule has 1 saturated carbocycles. The van der Waals surface area contributed by atoms with E-state index < -0.39 is 29.1 Å². The fourth-order valence-corrected chi connectivity index (χ4v) is 10.4. The van der Waals surface area contributed by atoms with Crippen LogP contribution in [-0.2, 0) is 31.1 Å². The number of aryl methyl sites for hydroxylation is 1. The summed E-state index contributed by atoms with van der Waals surface area (Å²) in [4.78, 5) is 72.3. The summed E-state index contributed by atoms with van der Waals surface area (Å²) in [6.07, 6.45) is 3.38. The molecular weight excluding hydrogens is 943 g/mol. The van der Waals surface area contributed by atoms with Crippen LogP contribution < -0.4 is 21.5 Å². The van der Waals surface area contributed by atoms with Crippen LogP contribution in [0, 0.1) is 12.3 Å². The maximum atomic E-state index is 13.8. The molecule has 382 valence electrons. The van der Waals surface area contributed by atoms with Gasteiger partial charge in [-0.3, -0.25) is 28.5 Å². The summed E-state index contributed by atoms with van der Waals surface area (Å²) in [5.41, 5.74) is 6.68. The van der Waals surface area contributed by atoms with Crippen molar-refractivity contribution >= 4 is 58.0 Å². The van der Waals surface area contributed by atoms with Gasteiger partial charge in [-0.05, 0) is 118 Å². The lowest BCUT2D eigenvalue weighted by molar-refractivity contribution is -0.140. The van der Waals surface area contributed by atoms with Gasteiger partial charge in [0.15, 0.2) is 5.67 Å². The molecule has 2 atom stereocenters. The van der Waals surface area contributed by atoms with Crippen LogP contribution in [0.2, 0.25) is 5.02 Å². The third kappa shape index (κ3) is 12.9. The number of rotatable bonds is 11. The summed E-state index contributed by atoms with van der Waals surface area (Å²) in [7, 11) is 0. The molecule has 5 heterocycles. The SMILES string of the molecule is CC.CC(=O)NCCN1CCC(c2ccc3c(c2)-n2c(nc(=O)c4c(Cl)cccc42)C3(C)C)CC1.CC(C)(C)C(NC(=O)C1(F)CC1)C(=O)N1CCC(O)C1.Cc1ncsc1-c1ccc(CNC=O)cc1. The molecule has 71 heavy (non-hydrogen) atoms. The van der Waals surface area contributed by atoms with Gasteiger partial charge in [-0.15, -0.1) is 11.3 Å².